The lowest BCUT2D eigenvalue weighted by atomic mass is 10.1. The maximum absolute atomic E-state index is 12.3. The molecule has 0 saturated carbocycles. The maximum Gasteiger partial charge on any atom is 0.573 e. The van der Waals surface area contributed by atoms with E-state index in [2.05, 4.69) is 14.9 Å². The average molecular weight is 451 g/mol. The highest BCUT2D eigenvalue weighted by Gasteiger charge is 2.36. The lowest BCUT2D eigenvalue weighted by Crippen LogP contribution is -2.24. The molecule has 3 aromatic rings. The van der Waals surface area contributed by atoms with Crippen LogP contribution >= 0.6 is 0 Å². The zero-order valence-corrected chi connectivity index (χ0v) is 16.4. The molecule has 2 atom stereocenters. The van der Waals surface area contributed by atoms with E-state index in [0.29, 0.717) is 25.1 Å². The number of benzene rings is 2. The van der Waals surface area contributed by atoms with Gasteiger partial charge in [-0.05, 0) is 48.4 Å². The molecule has 0 aliphatic carbocycles. The summed E-state index contributed by atoms with van der Waals surface area (Å²) < 4.78 is 46.1. The summed E-state index contributed by atoms with van der Waals surface area (Å²) in [6.07, 6.45) is -5.02. The van der Waals surface area contributed by atoms with Crippen molar-refractivity contribution < 1.29 is 32.7 Å². The zero-order valence-electron chi connectivity index (χ0n) is 16.4. The Morgan fingerprint density at radius 2 is 1.84 bits per heavy atom. The van der Waals surface area contributed by atoms with Gasteiger partial charge in [0.05, 0.1) is 17.8 Å². The van der Waals surface area contributed by atoms with Crippen LogP contribution in [0.15, 0.2) is 53.1 Å². The van der Waals surface area contributed by atoms with Gasteiger partial charge in [0.2, 0.25) is 11.7 Å². The first-order chi connectivity index (χ1) is 15.2. The summed E-state index contributed by atoms with van der Waals surface area (Å²) in [4.78, 5) is 6.29. The quantitative estimate of drug-likeness (QED) is 0.542. The van der Waals surface area contributed by atoms with Crippen LogP contribution in [0.4, 0.5) is 18.9 Å². The van der Waals surface area contributed by atoms with Crippen molar-refractivity contribution in [1.29, 1.82) is 0 Å². The van der Waals surface area contributed by atoms with E-state index >= 15 is 0 Å². The van der Waals surface area contributed by atoms with Crippen LogP contribution in [-0.2, 0) is 6.54 Å². The highest BCUT2D eigenvalue weighted by atomic mass is 19.4. The van der Waals surface area contributed by atoms with E-state index < -0.39 is 12.5 Å². The number of hydrogen-bond acceptors (Lipinski definition) is 9. The Hall–Kier alpha value is -3.19. The summed E-state index contributed by atoms with van der Waals surface area (Å²) in [5.41, 5.74) is 1.39. The number of aromatic nitrogens is 2. The van der Waals surface area contributed by atoms with Crippen LogP contribution < -0.4 is 9.96 Å². The smallest absolute Gasteiger partial charge is 0.573 e. The molecule has 9 nitrogen and oxygen atoms in total. The van der Waals surface area contributed by atoms with Crippen LogP contribution in [0.3, 0.4) is 0 Å². The summed E-state index contributed by atoms with van der Waals surface area (Å²) >= 11 is 0. The number of aliphatic hydroxyl groups excluding tert-OH is 1. The van der Waals surface area contributed by atoms with E-state index in [0.717, 1.165) is 17.7 Å². The molecule has 1 aliphatic rings. The number of nitrogens with zero attached hydrogens (tertiary/aromatic N) is 4. The van der Waals surface area contributed by atoms with Crippen LogP contribution in [0, 0.1) is 5.21 Å². The standard InChI is InChI=1S/C20H18F3N4O5/c21-20(22,23)31-16-7-3-13(4-8-16)18-24-19(32-25-18)17-9-15(28)11-26(17)10-12-1-5-14(6-2-12)27(29)30/h1-8,15,17,28-29H,9-11H2/q-1. The van der Waals surface area contributed by atoms with E-state index in [9.17, 15) is 23.5 Å². The Labute approximate surface area is 179 Å². The Balaban J connectivity index is 1.48. The fraction of sp³-hybridized carbons (Fsp3) is 0.300. The van der Waals surface area contributed by atoms with Gasteiger partial charge < -0.3 is 24.8 Å². The Bertz CT molecular complexity index is 1040. The molecule has 1 saturated heterocycles. The molecule has 2 N–H and O–H groups in total. The minimum absolute atomic E-state index is 0.0972. The minimum atomic E-state index is -4.78. The molecule has 0 amide bonds. The molecule has 2 aromatic carbocycles. The van der Waals surface area contributed by atoms with E-state index in [1.807, 2.05) is 4.90 Å². The van der Waals surface area contributed by atoms with Crippen LogP contribution in [0.5, 0.6) is 5.75 Å². The van der Waals surface area contributed by atoms with Crippen molar-refractivity contribution >= 4 is 5.69 Å². The molecule has 1 aliphatic heterocycles. The molecule has 170 valence electrons. The van der Waals surface area contributed by atoms with E-state index in [-0.39, 0.29) is 34.4 Å². The van der Waals surface area contributed by atoms with Crippen LogP contribution in [0.1, 0.15) is 23.9 Å². The monoisotopic (exact) mass is 451 g/mol. The SMILES string of the molecule is [O-]N(O)c1ccc(CN2CC(O)CC2c2nc(-c3ccc(OC(F)(F)F)cc3)no2)cc1. The number of halogens is 3. The third kappa shape index (κ3) is 5.16. The summed E-state index contributed by atoms with van der Waals surface area (Å²) in [6.45, 7) is 0.786. The predicted molar refractivity (Wildman–Crippen MR) is 104 cm³/mol. The van der Waals surface area contributed by atoms with Gasteiger partial charge >= 0.3 is 6.36 Å². The minimum Gasteiger partial charge on any atom is -0.733 e. The second-order valence-corrected chi connectivity index (χ2v) is 7.30. The van der Waals surface area contributed by atoms with Crippen LogP contribution in [0.2, 0.25) is 0 Å². The number of alkyl halides is 3. The lowest BCUT2D eigenvalue weighted by molar-refractivity contribution is -0.274. The average Bonchev–Trinajstić information content (AvgIpc) is 3.34. The number of ether oxygens (including phenoxy) is 1. The highest BCUT2D eigenvalue weighted by molar-refractivity contribution is 5.55. The van der Waals surface area contributed by atoms with Crippen LogP contribution in [0.25, 0.3) is 11.4 Å². The fourth-order valence-corrected chi connectivity index (χ4v) is 3.57. The third-order valence-electron chi connectivity index (χ3n) is 5.00. The van der Waals surface area contributed by atoms with Crippen molar-refractivity contribution in [1.82, 2.24) is 15.0 Å². The second-order valence-electron chi connectivity index (χ2n) is 7.30. The zero-order chi connectivity index (χ0) is 22.9. The predicted octanol–water partition coefficient (Wildman–Crippen LogP) is 3.64. The summed E-state index contributed by atoms with van der Waals surface area (Å²) in [6, 6.07) is 11.0. The van der Waals surface area contributed by atoms with Crippen molar-refractivity contribution in [3.8, 4) is 17.1 Å². The summed E-state index contributed by atoms with van der Waals surface area (Å²) in [5, 5.41) is 33.7. The summed E-state index contributed by atoms with van der Waals surface area (Å²) in [7, 11) is 0. The van der Waals surface area contributed by atoms with Crippen molar-refractivity contribution in [2.45, 2.75) is 31.5 Å². The van der Waals surface area contributed by atoms with Gasteiger partial charge in [-0.25, -0.2) is 0 Å². The summed E-state index contributed by atoms with van der Waals surface area (Å²) in [5.74, 6) is 0.106. The Kier molecular flexibility index (Phi) is 6.02. The van der Waals surface area contributed by atoms with Crippen molar-refractivity contribution in [3.05, 3.63) is 65.2 Å². The highest BCUT2D eigenvalue weighted by Crippen LogP contribution is 2.34. The Morgan fingerprint density at radius 1 is 1.16 bits per heavy atom. The normalized spacial score (nSPS) is 19.3. The number of hydrogen-bond donors (Lipinski definition) is 2. The van der Waals surface area contributed by atoms with Gasteiger partial charge in [-0.15, -0.1) is 13.2 Å². The first-order valence-electron chi connectivity index (χ1n) is 9.55. The van der Waals surface area contributed by atoms with Gasteiger partial charge in [-0.1, -0.05) is 17.3 Å². The van der Waals surface area contributed by atoms with Crippen molar-refractivity contribution in [2.75, 3.05) is 11.8 Å². The second kappa shape index (κ2) is 8.74. The number of rotatable bonds is 6. The lowest BCUT2D eigenvalue weighted by Gasteiger charge is -2.23. The molecular formula is C20H18F3N4O5-. The van der Waals surface area contributed by atoms with Gasteiger partial charge in [-0.3, -0.25) is 10.1 Å². The first-order valence-corrected chi connectivity index (χ1v) is 9.55. The Morgan fingerprint density at radius 3 is 2.47 bits per heavy atom. The molecule has 2 heterocycles. The number of anilines is 1. The molecule has 0 spiro atoms. The molecule has 12 heteroatoms. The van der Waals surface area contributed by atoms with Crippen molar-refractivity contribution in [3.63, 3.8) is 0 Å². The van der Waals surface area contributed by atoms with E-state index in [4.69, 9.17) is 9.73 Å². The molecule has 1 fully saturated rings. The fourth-order valence-electron chi connectivity index (χ4n) is 3.57. The largest absolute Gasteiger partial charge is 0.733 e. The maximum atomic E-state index is 12.3. The van der Waals surface area contributed by atoms with Crippen molar-refractivity contribution in [2.24, 2.45) is 0 Å². The van der Waals surface area contributed by atoms with E-state index in [1.54, 1.807) is 12.1 Å². The number of aliphatic hydroxyl groups is 1. The molecule has 4 rings (SSSR count). The topological polar surface area (TPSA) is 118 Å². The van der Waals surface area contributed by atoms with Gasteiger partial charge in [0.25, 0.3) is 0 Å². The van der Waals surface area contributed by atoms with Gasteiger partial charge in [0, 0.05) is 18.7 Å². The molecule has 32 heavy (non-hydrogen) atoms. The number of likely N-dealkylation sites (tertiary alicyclic amines) is 1. The van der Waals surface area contributed by atoms with Crippen LogP contribution in [-0.4, -0.2) is 44.4 Å². The first kappa shape index (κ1) is 22.0. The van der Waals surface area contributed by atoms with Gasteiger partial charge in [0.15, 0.2) is 0 Å². The third-order valence-corrected chi connectivity index (χ3v) is 5.00. The van der Waals surface area contributed by atoms with E-state index in [1.165, 1.54) is 24.3 Å². The van der Waals surface area contributed by atoms with Gasteiger partial charge in [0.1, 0.15) is 5.75 Å². The molecule has 1 aromatic heterocycles. The molecule has 2 unspecified atom stereocenters. The van der Waals surface area contributed by atoms with Gasteiger partial charge in [-0.2, -0.15) is 4.98 Å². The molecular weight excluding hydrogens is 433 g/mol. The molecule has 0 radical (unpaired) electrons. The number of β-amino-alcohol motifs (C(OH)–C–C–N with tert-alkyl or cyclic N) is 1. The molecule has 0 bridgehead atoms.